The summed E-state index contributed by atoms with van der Waals surface area (Å²) in [5, 5.41) is 1.08. The van der Waals surface area contributed by atoms with Gasteiger partial charge in [-0.2, -0.15) is 0 Å². The minimum Gasteiger partial charge on any atom is -0.302 e. The fourth-order valence-electron chi connectivity index (χ4n) is 2.09. The van der Waals surface area contributed by atoms with E-state index in [1.165, 1.54) is 18.9 Å². The van der Waals surface area contributed by atoms with Crippen LogP contribution in [0, 0.1) is 11.2 Å². The Kier molecular flexibility index (Phi) is 3.65. The van der Waals surface area contributed by atoms with Gasteiger partial charge in [-0.15, -0.1) is 0 Å². The molecule has 3 heteroatoms. The van der Waals surface area contributed by atoms with Gasteiger partial charge in [0.2, 0.25) is 0 Å². The second kappa shape index (κ2) is 4.84. The molecule has 1 fully saturated rings. The topological polar surface area (TPSA) is 3.24 Å². The van der Waals surface area contributed by atoms with E-state index in [4.69, 9.17) is 0 Å². The summed E-state index contributed by atoms with van der Waals surface area (Å²) in [6.45, 7) is 1.92. The summed E-state index contributed by atoms with van der Waals surface area (Å²) in [5.41, 5.74) is 1.54. The van der Waals surface area contributed by atoms with Gasteiger partial charge in [-0.05, 0) is 43.0 Å². The first-order valence-corrected chi connectivity index (χ1v) is 6.75. The Balaban J connectivity index is 1.89. The molecular formula is C13H17BrFN. The lowest BCUT2D eigenvalue weighted by atomic mass is 10.1. The summed E-state index contributed by atoms with van der Waals surface area (Å²) in [5.74, 6) is -0.146. The van der Waals surface area contributed by atoms with Gasteiger partial charge < -0.3 is 4.90 Å². The van der Waals surface area contributed by atoms with Crippen LogP contribution in [0.4, 0.5) is 4.39 Å². The third kappa shape index (κ3) is 3.05. The molecule has 0 saturated heterocycles. The molecule has 16 heavy (non-hydrogen) atoms. The lowest BCUT2D eigenvalue weighted by molar-refractivity contribution is 0.271. The molecule has 0 spiro atoms. The van der Waals surface area contributed by atoms with E-state index in [9.17, 15) is 4.39 Å². The van der Waals surface area contributed by atoms with Crippen LogP contribution in [-0.2, 0) is 6.54 Å². The molecule has 0 aliphatic heterocycles. The first kappa shape index (κ1) is 12.1. The zero-order chi connectivity index (χ0) is 11.6. The zero-order valence-corrected chi connectivity index (χ0v) is 11.1. The number of alkyl halides is 1. The Morgan fingerprint density at radius 2 is 2.19 bits per heavy atom. The maximum Gasteiger partial charge on any atom is 0.123 e. The van der Waals surface area contributed by atoms with Crippen molar-refractivity contribution in [1.82, 2.24) is 4.90 Å². The number of nitrogens with zero attached hydrogens (tertiary/aromatic N) is 1. The number of rotatable bonds is 5. The SMILES string of the molecule is CN(Cc1cccc(F)c1)CC1(CBr)CC1. The van der Waals surface area contributed by atoms with E-state index in [2.05, 4.69) is 27.9 Å². The maximum absolute atomic E-state index is 13.0. The van der Waals surface area contributed by atoms with Crippen LogP contribution in [0.3, 0.4) is 0 Å². The highest BCUT2D eigenvalue weighted by Gasteiger charge is 2.41. The van der Waals surface area contributed by atoms with Crippen molar-refractivity contribution < 1.29 is 4.39 Å². The lowest BCUT2D eigenvalue weighted by Gasteiger charge is -2.22. The smallest absolute Gasteiger partial charge is 0.123 e. The Bertz CT molecular complexity index is 363. The van der Waals surface area contributed by atoms with Crippen molar-refractivity contribution in [1.29, 1.82) is 0 Å². The van der Waals surface area contributed by atoms with Crippen LogP contribution in [0.2, 0.25) is 0 Å². The number of benzene rings is 1. The van der Waals surface area contributed by atoms with Crippen molar-refractivity contribution in [3.05, 3.63) is 35.6 Å². The summed E-state index contributed by atoms with van der Waals surface area (Å²) in [6, 6.07) is 6.86. The van der Waals surface area contributed by atoms with Gasteiger partial charge in [0.1, 0.15) is 5.82 Å². The first-order chi connectivity index (χ1) is 7.63. The van der Waals surface area contributed by atoms with Gasteiger partial charge in [-0.3, -0.25) is 0 Å². The standard InChI is InChI=1S/C13H17BrFN/c1-16(10-13(9-14)5-6-13)8-11-3-2-4-12(15)7-11/h2-4,7H,5-6,8-10H2,1H3. The normalized spacial score (nSPS) is 17.8. The van der Waals surface area contributed by atoms with E-state index in [1.54, 1.807) is 12.1 Å². The van der Waals surface area contributed by atoms with E-state index in [0.717, 1.165) is 24.0 Å². The summed E-state index contributed by atoms with van der Waals surface area (Å²) in [6.07, 6.45) is 2.62. The third-order valence-corrected chi connectivity index (χ3v) is 4.38. The summed E-state index contributed by atoms with van der Waals surface area (Å²) in [4.78, 5) is 2.28. The summed E-state index contributed by atoms with van der Waals surface area (Å²) in [7, 11) is 2.10. The van der Waals surface area contributed by atoms with E-state index >= 15 is 0 Å². The molecule has 2 rings (SSSR count). The molecule has 0 amide bonds. The molecule has 0 heterocycles. The lowest BCUT2D eigenvalue weighted by Crippen LogP contribution is -2.27. The Morgan fingerprint density at radius 3 is 2.75 bits per heavy atom. The highest BCUT2D eigenvalue weighted by molar-refractivity contribution is 9.09. The van der Waals surface area contributed by atoms with Gasteiger partial charge in [0, 0.05) is 18.4 Å². The van der Waals surface area contributed by atoms with Gasteiger partial charge in [0.05, 0.1) is 0 Å². The Hall–Kier alpha value is -0.410. The Labute approximate surface area is 105 Å². The molecule has 1 nitrogen and oxygen atoms in total. The maximum atomic E-state index is 13.0. The van der Waals surface area contributed by atoms with Crippen molar-refractivity contribution in [2.24, 2.45) is 5.41 Å². The molecule has 0 aromatic heterocycles. The van der Waals surface area contributed by atoms with Crippen LogP contribution < -0.4 is 0 Å². The second-order valence-electron chi connectivity index (χ2n) is 4.94. The van der Waals surface area contributed by atoms with Crippen LogP contribution in [0.15, 0.2) is 24.3 Å². The van der Waals surface area contributed by atoms with E-state index in [0.29, 0.717) is 5.41 Å². The highest BCUT2D eigenvalue weighted by Crippen LogP contribution is 2.47. The van der Waals surface area contributed by atoms with Gasteiger partial charge in [-0.1, -0.05) is 28.1 Å². The predicted octanol–water partition coefficient (Wildman–Crippen LogP) is 3.43. The molecular weight excluding hydrogens is 269 g/mol. The molecule has 88 valence electrons. The number of hydrogen-bond acceptors (Lipinski definition) is 1. The molecule has 1 saturated carbocycles. The van der Waals surface area contributed by atoms with Crippen LogP contribution in [0.5, 0.6) is 0 Å². The largest absolute Gasteiger partial charge is 0.302 e. The Morgan fingerprint density at radius 1 is 1.44 bits per heavy atom. The minimum atomic E-state index is -0.146. The summed E-state index contributed by atoms with van der Waals surface area (Å²) >= 11 is 3.57. The van der Waals surface area contributed by atoms with E-state index in [-0.39, 0.29) is 5.82 Å². The van der Waals surface area contributed by atoms with Crippen molar-refractivity contribution >= 4 is 15.9 Å². The molecule has 1 aromatic rings. The van der Waals surface area contributed by atoms with Crippen molar-refractivity contribution in [2.45, 2.75) is 19.4 Å². The number of hydrogen-bond donors (Lipinski definition) is 0. The van der Waals surface area contributed by atoms with Crippen LogP contribution in [-0.4, -0.2) is 23.8 Å². The van der Waals surface area contributed by atoms with E-state index in [1.807, 2.05) is 6.07 Å². The molecule has 0 N–H and O–H groups in total. The fourth-order valence-corrected chi connectivity index (χ4v) is 2.82. The summed E-state index contributed by atoms with van der Waals surface area (Å²) < 4.78 is 13.0. The molecule has 0 unspecified atom stereocenters. The van der Waals surface area contributed by atoms with E-state index < -0.39 is 0 Å². The van der Waals surface area contributed by atoms with Gasteiger partial charge in [-0.25, -0.2) is 4.39 Å². The monoisotopic (exact) mass is 285 g/mol. The second-order valence-corrected chi connectivity index (χ2v) is 5.50. The molecule has 0 bridgehead atoms. The van der Waals surface area contributed by atoms with Gasteiger partial charge in [0.15, 0.2) is 0 Å². The molecule has 1 aliphatic rings. The van der Waals surface area contributed by atoms with Crippen LogP contribution in [0.25, 0.3) is 0 Å². The molecule has 1 aliphatic carbocycles. The molecule has 0 atom stereocenters. The van der Waals surface area contributed by atoms with Gasteiger partial charge in [0.25, 0.3) is 0 Å². The third-order valence-electron chi connectivity index (χ3n) is 3.19. The first-order valence-electron chi connectivity index (χ1n) is 5.63. The van der Waals surface area contributed by atoms with Crippen molar-refractivity contribution in [2.75, 3.05) is 18.9 Å². The minimum absolute atomic E-state index is 0.146. The van der Waals surface area contributed by atoms with Crippen LogP contribution in [0.1, 0.15) is 18.4 Å². The van der Waals surface area contributed by atoms with Gasteiger partial charge >= 0.3 is 0 Å². The van der Waals surface area contributed by atoms with Crippen molar-refractivity contribution in [3.63, 3.8) is 0 Å². The highest BCUT2D eigenvalue weighted by atomic mass is 79.9. The van der Waals surface area contributed by atoms with Crippen LogP contribution >= 0.6 is 15.9 Å². The molecule has 1 aromatic carbocycles. The average molecular weight is 286 g/mol. The molecule has 0 radical (unpaired) electrons. The zero-order valence-electron chi connectivity index (χ0n) is 9.55. The van der Waals surface area contributed by atoms with Crippen molar-refractivity contribution in [3.8, 4) is 0 Å². The quantitative estimate of drug-likeness (QED) is 0.750. The fraction of sp³-hybridized carbons (Fsp3) is 0.538. The number of halogens is 2. The average Bonchev–Trinajstić information content (AvgIpc) is 2.98. The predicted molar refractivity (Wildman–Crippen MR) is 68.2 cm³/mol.